The van der Waals surface area contributed by atoms with Gasteiger partial charge in [0.1, 0.15) is 11.9 Å². The number of benzene rings is 1. The molecule has 1 aromatic rings. The van der Waals surface area contributed by atoms with Crippen LogP contribution in [0.5, 0.6) is 5.75 Å². The average Bonchev–Trinajstić information content (AvgIpc) is 3.08. The topological polar surface area (TPSA) is 92.3 Å². The number of fused-ring (bicyclic) bond motifs is 2. The molecule has 2 heterocycles. The molecule has 0 spiro atoms. The van der Waals surface area contributed by atoms with E-state index in [0.717, 1.165) is 13.1 Å². The Bertz CT molecular complexity index is 605. The van der Waals surface area contributed by atoms with Crippen LogP contribution in [0.1, 0.15) is 13.8 Å². The van der Waals surface area contributed by atoms with Crippen molar-refractivity contribution in [1.29, 1.82) is 0 Å². The molecule has 1 aromatic carbocycles. The number of anilines is 1. The van der Waals surface area contributed by atoms with Gasteiger partial charge in [0.25, 0.3) is 0 Å². The molecule has 5 atom stereocenters. The lowest BCUT2D eigenvalue weighted by molar-refractivity contribution is -0.179. The first-order valence-electron chi connectivity index (χ1n) is 8.98. The number of carbonyl (C=O) groups excluding carboxylic acids is 1. The molecule has 26 heavy (non-hydrogen) atoms. The summed E-state index contributed by atoms with van der Waals surface area (Å²) in [5.74, 6) is 0.711. The highest BCUT2D eigenvalue weighted by molar-refractivity contribution is 5.89. The van der Waals surface area contributed by atoms with E-state index in [-0.39, 0.29) is 12.1 Å². The number of aliphatic hydroxyl groups is 1. The van der Waals surface area contributed by atoms with Crippen LogP contribution in [0.4, 0.5) is 10.5 Å². The van der Waals surface area contributed by atoms with E-state index in [0.29, 0.717) is 18.0 Å². The van der Waals surface area contributed by atoms with Crippen LogP contribution in [0.3, 0.4) is 0 Å². The average molecular weight is 365 g/mol. The van der Waals surface area contributed by atoms with E-state index < -0.39 is 24.5 Å². The predicted molar refractivity (Wildman–Crippen MR) is 96.3 cm³/mol. The minimum atomic E-state index is -0.775. The Labute approximate surface area is 153 Å². The summed E-state index contributed by atoms with van der Waals surface area (Å²) < 4.78 is 16.7. The number of rotatable bonds is 6. The lowest BCUT2D eigenvalue weighted by Gasteiger charge is -2.43. The SMILES string of the molecule is CCN(CC)[C@@H]1[C@@H]2OC[C@H](O2)[C@@H](NC(=O)Nc2ccc(OC)cc2)[C@@H]1O. The van der Waals surface area contributed by atoms with Crippen LogP contribution in [0.15, 0.2) is 24.3 Å². The van der Waals surface area contributed by atoms with Gasteiger partial charge >= 0.3 is 6.03 Å². The fourth-order valence-corrected chi connectivity index (χ4v) is 3.61. The van der Waals surface area contributed by atoms with Gasteiger partial charge in [0.2, 0.25) is 0 Å². The first kappa shape index (κ1) is 18.9. The van der Waals surface area contributed by atoms with Crippen molar-refractivity contribution >= 4 is 11.7 Å². The van der Waals surface area contributed by atoms with Gasteiger partial charge in [-0.3, -0.25) is 4.90 Å². The first-order chi connectivity index (χ1) is 12.6. The van der Waals surface area contributed by atoms with Crippen molar-refractivity contribution in [2.75, 3.05) is 32.1 Å². The molecular formula is C18H27N3O5. The first-order valence-corrected chi connectivity index (χ1v) is 8.98. The van der Waals surface area contributed by atoms with Crippen LogP contribution >= 0.6 is 0 Å². The number of aliphatic hydroxyl groups excluding tert-OH is 1. The molecule has 2 saturated heterocycles. The van der Waals surface area contributed by atoms with E-state index in [1.807, 2.05) is 13.8 Å². The summed E-state index contributed by atoms with van der Waals surface area (Å²) in [6.45, 7) is 5.92. The summed E-state index contributed by atoms with van der Waals surface area (Å²) >= 11 is 0. The molecule has 8 nitrogen and oxygen atoms in total. The van der Waals surface area contributed by atoms with E-state index in [4.69, 9.17) is 14.2 Å². The highest BCUT2D eigenvalue weighted by atomic mass is 16.7. The Morgan fingerprint density at radius 3 is 2.62 bits per heavy atom. The third-order valence-electron chi connectivity index (χ3n) is 5.01. The Morgan fingerprint density at radius 2 is 2.00 bits per heavy atom. The number of amides is 2. The molecule has 3 N–H and O–H groups in total. The number of urea groups is 1. The van der Waals surface area contributed by atoms with Gasteiger partial charge in [0.05, 0.1) is 31.9 Å². The number of hydrogen-bond donors (Lipinski definition) is 3. The number of ether oxygens (including phenoxy) is 3. The lowest BCUT2D eigenvalue weighted by atomic mass is 9.95. The predicted octanol–water partition coefficient (Wildman–Crippen LogP) is 1.01. The van der Waals surface area contributed by atoms with Crippen LogP contribution in [0.2, 0.25) is 0 Å². The summed E-state index contributed by atoms with van der Waals surface area (Å²) in [6.07, 6.45) is -1.59. The van der Waals surface area contributed by atoms with Gasteiger partial charge < -0.3 is 30.0 Å². The maximum atomic E-state index is 12.4. The molecule has 144 valence electrons. The summed E-state index contributed by atoms with van der Waals surface area (Å²) in [4.78, 5) is 14.5. The largest absolute Gasteiger partial charge is 0.497 e. The van der Waals surface area contributed by atoms with Gasteiger partial charge in [-0.15, -0.1) is 0 Å². The minimum Gasteiger partial charge on any atom is -0.497 e. The molecule has 3 rings (SSSR count). The zero-order chi connectivity index (χ0) is 18.7. The molecule has 0 aliphatic carbocycles. The van der Waals surface area contributed by atoms with E-state index >= 15 is 0 Å². The molecule has 2 bridgehead atoms. The monoisotopic (exact) mass is 365 g/mol. The van der Waals surface area contributed by atoms with E-state index in [1.54, 1.807) is 31.4 Å². The molecule has 0 aromatic heterocycles. The summed E-state index contributed by atoms with van der Waals surface area (Å²) in [5.41, 5.74) is 0.635. The summed E-state index contributed by atoms with van der Waals surface area (Å²) in [5, 5.41) is 16.5. The quantitative estimate of drug-likeness (QED) is 0.697. The summed E-state index contributed by atoms with van der Waals surface area (Å²) in [6, 6.07) is 5.78. The number of nitrogens with one attached hydrogen (secondary N) is 2. The Hall–Kier alpha value is -1.87. The number of hydrogen-bond acceptors (Lipinski definition) is 6. The van der Waals surface area contributed by atoms with Crippen molar-refractivity contribution < 1.29 is 24.1 Å². The maximum Gasteiger partial charge on any atom is 0.319 e. The number of nitrogens with zero attached hydrogens (tertiary/aromatic N) is 1. The Kier molecular flexibility index (Phi) is 5.98. The molecule has 2 fully saturated rings. The third-order valence-corrected chi connectivity index (χ3v) is 5.01. The molecule has 2 aliphatic rings. The minimum absolute atomic E-state index is 0.310. The van der Waals surface area contributed by atoms with Gasteiger partial charge in [-0.2, -0.15) is 0 Å². The third kappa shape index (κ3) is 3.78. The van der Waals surface area contributed by atoms with Crippen LogP contribution in [-0.4, -0.2) is 73.4 Å². The van der Waals surface area contributed by atoms with Crippen LogP contribution in [-0.2, 0) is 9.47 Å². The van der Waals surface area contributed by atoms with Crippen molar-refractivity contribution in [1.82, 2.24) is 10.2 Å². The number of carbonyl (C=O) groups is 1. The van der Waals surface area contributed by atoms with Crippen LogP contribution in [0, 0.1) is 0 Å². The highest BCUT2D eigenvalue weighted by Gasteiger charge is 2.52. The number of likely N-dealkylation sites (N-methyl/N-ethyl adjacent to an activating group) is 1. The van der Waals surface area contributed by atoms with E-state index in [9.17, 15) is 9.90 Å². The van der Waals surface area contributed by atoms with Crippen LogP contribution < -0.4 is 15.4 Å². The van der Waals surface area contributed by atoms with Crippen molar-refractivity contribution in [3.05, 3.63) is 24.3 Å². The zero-order valence-corrected chi connectivity index (χ0v) is 15.3. The second-order valence-electron chi connectivity index (χ2n) is 6.43. The van der Waals surface area contributed by atoms with Gasteiger partial charge in [0.15, 0.2) is 6.29 Å². The fraction of sp³-hybridized carbons (Fsp3) is 0.611. The molecule has 0 radical (unpaired) electrons. The standard InChI is InChI=1S/C18H27N3O5/c1-4-21(5-2)15-16(22)14(13-10-25-17(15)26-13)20-18(23)19-11-6-8-12(24-3)9-7-11/h6-9,13-17,22H,4-5,10H2,1-3H3,(H2,19,20,23)/t13-,14+,15-,16-,17+/m0/s1. The van der Waals surface area contributed by atoms with Crippen molar-refractivity contribution in [3.63, 3.8) is 0 Å². The molecule has 0 unspecified atom stereocenters. The molecular weight excluding hydrogens is 338 g/mol. The van der Waals surface area contributed by atoms with E-state index in [2.05, 4.69) is 15.5 Å². The normalized spacial score (nSPS) is 30.3. The van der Waals surface area contributed by atoms with Crippen molar-refractivity contribution in [2.24, 2.45) is 0 Å². The molecule has 2 amide bonds. The maximum absolute atomic E-state index is 12.4. The lowest BCUT2D eigenvalue weighted by Crippen LogP contribution is -2.65. The van der Waals surface area contributed by atoms with Gasteiger partial charge in [-0.25, -0.2) is 4.79 Å². The Balaban J connectivity index is 1.66. The van der Waals surface area contributed by atoms with Gasteiger partial charge in [-0.05, 0) is 37.4 Å². The van der Waals surface area contributed by atoms with Gasteiger partial charge in [-0.1, -0.05) is 13.8 Å². The second kappa shape index (κ2) is 8.22. The Morgan fingerprint density at radius 1 is 1.31 bits per heavy atom. The molecule has 8 heteroatoms. The second-order valence-corrected chi connectivity index (χ2v) is 6.43. The fourth-order valence-electron chi connectivity index (χ4n) is 3.61. The van der Waals surface area contributed by atoms with Crippen LogP contribution in [0.25, 0.3) is 0 Å². The highest BCUT2D eigenvalue weighted by Crippen LogP contribution is 2.31. The van der Waals surface area contributed by atoms with Crippen molar-refractivity contribution in [3.8, 4) is 5.75 Å². The van der Waals surface area contributed by atoms with E-state index in [1.165, 1.54) is 0 Å². The molecule has 2 aliphatic heterocycles. The zero-order valence-electron chi connectivity index (χ0n) is 15.3. The molecule has 0 saturated carbocycles. The summed E-state index contributed by atoms with van der Waals surface area (Å²) in [7, 11) is 1.59. The van der Waals surface area contributed by atoms with Gasteiger partial charge in [0, 0.05) is 5.69 Å². The van der Waals surface area contributed by atoms with Crippen molar-refractivity contribution in [2.45, 2.75) is 44.4 Å². The smallest absolute Gasteiger partial charge is 0.319 e. The number of methoxy groups -OCH3 is 1.